The quantitative estimate of drug-likeness (QED) is 0.563. The van der Waals surface area contributed by atoms with Gasteiger partial charge in [0.05, 0.1) is 0 Å². The lowest BCUT2D eigenvalue weighted by atomic mass is 10.1. The zero-order valence-electron chi connectivity index (χ0n) is 11.5. The predicted molar refractivity (Wildman–Crippen MR) is 74.4 cm³/mol. The van der Waals surface area contributed by atoms with Crippen LogP contribution in [0.25, 0.3) is 0 Å². The van der Waals surface area contributed by atoms with E-state index in [4.69, 9.17) is 5.84 Å². The second-order valence-corrected chi connectivity index (χ2v) is 5.12. The molecule has 100 valence electrons. The predicted octanol–water partition coefficient (Wildman–Crippen LogP) is 2.23. The molecule has 1 heterocycles. The second-order valence-electron chi connectivity index (χ2n) is 5.12. The highest BCUT2D eigenvalue weighted by Crippen LogP contribution is 2.29. The van der Waals surface area contributed by atoms with Crippen molar-refractivity contribution in [2.45, 2.75) is 52.5 Å². The van der Waals surface area contributed by atoms with Crippen molar-refractivity contribution in [2.24, 2.45) is 11.8 Å². The van der Waals surface area contributed by atoms with Crippen LogP contribution in [0.2, 0.25) is 0 Å². The van der Waals surface area contributed by atoms with Gasteiger partial charge in [0.2, 0.25) is 0 Å². The maximum absolute atomic E-state index is 5.51. The summed E-state index contributed by atoms with van der Waals surface area (Å²) in [6.45, 7) is 6.34. The van der Waals surface area contributed by atoms with Crippen LogP contribution < -0.4 is 16.6 Å². The Kier molecular flexibility index (Phi) is 4.01. The van der Waals surface area contributed by atoms with Gasteiger partial charge >= 0.3 is 0 Å². The van der Waals surface area contributed by atoms with E-state index < -0.39 is 0 Å². The number of nitrogens with one attached hydrogen (secondary N) is 2. The Hall–Kier alpha value is -1.36. The Morgan fingerprint density at radius 3 is 2.56 bits per heavy atom. The topological polar surface area (TPSA) is 75.9 Å². The molecule has 4 N–H and O–H groups in total. The molecule has 2 unspecified atom stereocenters. The lowest BCUT2D eigenvalue weighted by Gasteiger charge is -2.20. The number of hydrogen-bond acceptors (Lipinski definition) is 5. The minimum absolute atomic E-state index is 0.522. The first-order valence-electron chi connectivity index (χ1n) is 6.76. The lowest BCUT2D eigenvalue weighted by molar-refractivity contribution is 0.554. The largest absolute Gasteiger partial charge is 0.367 e. The standard InChI is InChI=1S/C13H23N5/c1-4-11-16-12(9(3)13(17-11)18-14)15-10-7-5-6-8(10)2/h8,10H,4-7,14H2,1-3H3,(H2,15,16,17,18). The Balaban J connectivity index is 2.25. The van der Waals surface area contributed by atoms with E-state index in [1.54, 1.807) is 0 Å². The van der Waals surface area contributed by atoms with E-state index in [0.29, 0.717) is 12.0 Å². The van der Waals surface area contributed by atoms with Gasteiger partial charge in [-0.2, -0.15) is 0 Å². The Morgan fingerprint density at radius 1 is 1.28 bits per heavy atom. The van der Waals surface area contributed by atoms with Crippen LogP contribution in [0.4, 0.5) is 11.6 Å². The number of nitrogens with zero attached hydrogens (tertiary/aromatic N) is 2. The summed E-state index contributed by atoms with van der Waals surface area (Å²) in [7, 11) is 0. The van der Waals surface area contributed by atoms with Crippen LogP contribution in [0, 0.1) is 12.8 Å². The van der Waals surface area contributed by atoms with Gasteiger partial charge in [0.15, 0.2) is 0 Å². The van der Waals surface area contributed by atoms with Gasteiger partial charge in [-0.05, 0) is 25.7 Å². The monoisotopic (exact) mass is 249 g/mol. The number of hydrazine groups is 1. The first kappa shape index (κ1) is 13.1. The van der Waals surface area contributed by atoms with Crippen LogP contribution in [-0.4, -0.2) is 16.0 Å². The average molecular weight is 249 g/mol. The average Bonchev–Trinajstić information content (AvgIpc) is 2.77. The van der Waals surface area contributed by atoms with E-state index in [1.165, 1.54) is 19.3 Å². The van der Waals surface area contributed by atoms with Crippen molar-refractivity contribution in [1.29, 1.82) is 0 Å². The number of rotatable bonds is 4. The molecule has 1 aliphatic rings. The zero-order chi connectivity index (χ0) is 13.1. The third-order valence-corrected chi connectivity index (χ3v) is 3.83. The molecule has 0 spiro atoms. The smallest absolute Gasteiger partial charge is 0.148 e. The summed E-state index contributed by atoms with van der Waals surface area (Å²) in [5.41, 5.74) is 3.65. The molecule has 1 aromatic rings. The molecule has 0 radical (unpaired) electrons. The van der Waals surface area contributed by atoms with Crippen LogP contribution in [0.15, 0.2) is 0 Å². The lowest BCUT2D eigenvalue weighted by Crippen LogP contribution is -2.24. The summed E-state index contributed by atoms with van der Waals surface area (Å²) in [5, 5.41) is 3.56. The minimum Gasteiger partial charge on any atom is -0.367 e. The molecular weight excluding hydrogens is 226 g/mol. The first-order valence-corrected chi connectivity index (χ1v) is 6.76. The number of anilines is 2. The number of nitrogens with two attached hydrogens (primary N) is 1. The molecule has 2 atom stereocenters. The molecule has 0 bridgehead atoms. The van der Waals surface area contributed by atoms with Gasteiger partial charge in [-0.15, -0.1) is 0 Å². The van der Waals surface area contributed by atoms with Crippen molar-refractivity contribution in [3.8, 4) is 0 Å². The molecule has 2 rings (SSSR count). The molecule has 0 amide bonds. The summed E-state index contributed by atoms with van der Waals surface area (Å²) >= 11 is 0. The third kappa shape index (κ3) is 2.56. The van der Waals surface area contributed by atoms with E-state index in [1.807, 2.05) is 13.8 Å². The molecule has 1 saturated carbocycles. The fourth-order valence-electron chi connectivity index (χ4n) is 2.54. The van der Waals surface area contributed by atoms with Crippen molar-refractivity contribution < 1.29 is 0 Å². The van der Waals surface area contributed by atoms with E-state index >= 15 is 0 Å². The highest BCUT2D eigenvalue weighted by atomic mass is 15.3. The molecule has 0 saturated heterocycles. The van der Waals surface area contributed by atoms with Gasteiger partial charge in [0.1, 0.15) is 17.5 Å². The molecule has 0 aliphatic heterocycles. The van der Waals surface area contributed by atoms with Gasteiger partial charge in [0.25, 0.3) is 0 Å². The highest BCUT2D eigenvalue weighted by Gasteiger charge is 2.24. The maximum atomic E-state index is 5.51. The SMILES string of the molecule is CCc1nc(NN)c(C)c(NC2CCCC2C)n1. The number of hydrogen-bond donors (Lipinski definition) is 3. The van der Waals surface area contributed by atoms with Gasteiger partial charge < -0.3 is 10.7 Å². The third-order valence-electron chi connectivity index (χ3n) is 3.83. The number of nitrogen functional groups attached to an aromatic ring is 1. The molecule has 0 aromatic carbocycles. The van der Waals surface area contributed by atoms with E-state index in [2.05, 4.69) is 27.6 Å². The number of aryl methyl sites for hydroxylation is 1. The van der Waals surface area contributed by atoms with Crippen molar-refractivity contribution in [1.82, 2.24) is 9.97 Å². The van der Waals surface area contributed by atoms with Gasteiger partial charge in [-0.25, -0.2) is 15.8 Å². The molecule has 5 heteroatoms. The molecule has 5 nitrogen and oxygen atoms in total. The molecular formula is C13H23N5. The summed E-state index contributed by atoms with van der Waals surface area (Å²) in [6.07, 6.45) is 4.62. The van der Waals surface area contributed by atoms with Crippen molar-refractivity contribution in [2.75, 3.05) is 10.7 Å². The van der Waals surface area contributed by atoms with Crippen LogP contribution in [0.3, 0.4) is 0 Å². The second kappa shape index (κ2) is 5.52. The normalized spacial score (nSPS) is 23.1. The fourth-order valence-corrected chi connectivity index (χ4v) is 2.54. The molecule has 1 fully saturated rings. The Morgan fingerprint density at radius 2 is 2.00 bits per heavy atom. The van der Waals surface area contributed by atoms with Crippen molar-refractivity contribution in [3.63, 3.8) is 0 Å². The van der Waals surface area contributed by atoms with Gasteiger partial charge in [-0.1, -0.05) is 20.3 Å². The fraction of sp³-hybridized carbons (Fsp3) is 0.692. The minimum atomic E-state index is 0.522. The van der Waals surface area contributed by atoms with Crippen LogP contribution in [0.5, 0.6) is 0 Å². The Bertz CT molecular complexity index is 418. The molecule has 1 aromatic heterocycles. The number of aromatic nitrogens is 2. The first-order chi connectivity index (χ1) is 8.65. The van der Waals surface area contributed by atoms with E-state index in [-0.39, 0.29) is 0 Å². The Labute approximate surface area is 109 Å². The van der Waals surface area contributed by atoms with E-state index in [0.717, 1.165) is 29.4 Å². The molecule has 18 heavy (non-hydrogen) atoms. The molecule has 1 aliphatic carbocycles. The highest BCUT2D eigenvalue weighted by molar-refractivity contribution is 5.57. The van der Waals surface area contributed by atoms with Crippen LogP contribution in [-0.2, 0) is 6.42 Å². The van der Waals surface area contributed by atoms with Gasteiger partial charge in [0, 0.05) is 18.0 Å². The van der Waals surface area contributed by atoms with Crippen LogP contribution >= 0.6 is 0 Å². The van der Waals surface area contributed by atoms with Crippen LogP contribution in [0.1, 0.15) is 44.5 Å². The summed E-state index contributed by atoms with van der Waals surface area (Å²) in [6, 6.07) is 0.522. The van der Waals surface area contributed by atoms with Crippen molar-refractivity contribution in [3.05, 3.63) is 11.4 Å². The summed E-state index contributed by atoms with van der Waals surface area (Å²) < 4.78 is 0. The van der Waals surface area contributed by atoms with Gasteiger partial charge in [-0.3, -0.25) is 0 Å². The van der Waals surface area contributed by atoms with E-state index in [9.17, 15) is 0 Å². The summed E-state index contributed by atoms with van der Waals surface area (Å²) in [4.78, 5) is 8.96. The zero-order valence-corrected chi connectivity index (χ0v) is 11.5. The maximum Gasteiger partial charge on any atom is 0.148 e. The summed E-state index contributed by atoms with van der Waals surface area (Å²) in [5.74, 6) is 8.68. The van der Waals surface area contributed by atoms with Crippen molar-refractivity contribution >= 4 is 11.6 Å².